The molecule has 1 atom stereocenters. The Balaban J connectivity index is 1.75. The van der Waals surface area contributed by atoms with Gasteiger partial charge in [0.25, 0.3) is 0 Å². The predicted molar refractivity (Wildman–Crippen MR) is 71.6 cm³/mol. The molecule has 0 amide bonds. The SMILES string of the molecule is Oc1ccc(CNCC2CCCCS2)cc1O. The molecule has 1 heterocycles. The Kier molecular flexibility index (Phi) is 4.57. The second-order valence-corrected chi connectivity index (χ2v) is 5.85. The van der Waals surface area contributed by atoms with Gasteiger partial charge in [0.05, 0.1) is 0 Å². The summed E-state index contributed by atoms with van der Waals surface area (Å²) in [5.41, 5.74) is 1.00. The van der Waals surface area contributed by atoms with Gasteiger partial charge in [-0.1, -0.05) is 12.5 Å². The van der Waals surface area contributed by atoms with Gasteiger partial charge in [0, 0.05) is 18.3 Å². The summed E-state index contributed by atoms with van der Waals surface area (Å²) in [5.74, 6) is 1.18. The molecule has 0 aromatic heterocycles. The first-order valence-corrected chi connectivity index (χ1v) is 7.14. The number of hydrogen-bond acceptors (Lipinski definition) is 4. The number of hydrogen-bond donors (Lipinski definition) is 3. The van der Waals surface area contributed by atoms with Crippen molar-refractivity contribution < 1.29 is 10.2 Å². The van der Waals surface area contributed by atoms with Crippen LogP contribution in [0.25, 0.3) is 0 Å². The third kappa shape index (κ3) is 3.82. The number of nitrogens with one attached hydrogen (secondary N) is 1. The highest BCUT2D eigenvalue weighted by molar-refractivity contribution is 7.99. The zero-order chi connectivity index (χ0) is 12.1. The summed E-state index contributed by atoms with van der Waals surface area (Å²) in [4.78, 5) is 0. The van der Waals surface area contributed by atoms with Gasteiger partial charge < -0.3 is 15.5 Å². The molecular weight excluding hydrogens is 234 g/mol. The number of rotatable bonds is 4. The van der Waals surface area contributed by atoms with Gasteiger partial charge in [-0.2, -0.15) is 11.8 Å². The lowest BCUT2D eigenvalue weighted by molar-refractivity contribution is 0.403. The highest BCUT2D eigenvalue weighted by atomic mass is 32.2. The van der Waals surface area contributed by atoms with Gasteiger partial charge in [-0.3, -0.25) is 0 Å². The van der Waals surface area contributed by atoms with Crippen LogP contribution in [0, 0.1) is 0 Å². The van der Waals surface area contributed by atoms with Crippen LogP contribution in [0.3, 0.4) is 0 Å². The molecule has 0 saturated carbocycles. The molecule has 1 aliphatic rings. The van der Waals surface area contributed by atoms with Gasteiger partial charge in [-0.15, -0.1) is 0 Å². The average Bonchev–Trinajstić information content (AvgIpc) is 2.35. The van der Waals surface area contributed by atoms with Crippen LogP contribution in [-0.2, 0) is 6.54 Å². The van der Waals surface area contributed by atoms with E-state index in [1.54, 1.807) is 6.07 Å². The maximum atomic E-state index is 9.37. The summed E-state index contributed by atoms with van der Waals surface area (Å²) in [5, 5.41) is 22.7. The van der Waals surface area contributed by atoms with E-state index in [0.717, 1.165) is 23.9 Å². The Morgan fingerprint density at radius 3 is 2.82 bits per heavy atom. The Labute approximate surface area is 106 Å². The molecule has 2 rings (SSSR count). The third-order valence-corrected chi connectivity index (χ3v) is 4.41. The van der Waals surface area contributed by atoms with Crippen molar-refractivity contribution in [3.05, 3.63) is 23.8 Å². The van der Waals surface area contributed by atoms with Gasteiger partial charge in [-0.25, -0.2) is 0 Å². The second-order valence-electron chi connectivity index (χ2n) is 4.44. The van der Waals surface area contributed by atoms with E-state index in [1.807, 2.05) is 6.07 Å². The maximum Gasteiger partial charge on any atom is 0.157 e. The summed E-state index contributed by atoms with van der Waals surface area (Å²) in [6.07, 6.45) is 4.00. The molecule has 0 radical (unpaired) electrons. The lowest BCUT2D eigenvalue weighted by atomic mass is 10.1. The van der Waals surface area contributed by atoms with E-state index in [2.05, 4.69) is 17.1 Å². The van der Waals surface area contributed by atoms with Crippen LogP contribution < -0.4 is 5.32 Å². The highest BCUT2D eigenvalue weighted by Crippen LogP contribution is 2.26. The molecule has 1 saturated heterocycles. The molecule has 3 nitrogen and oxygen atoms in total. The zero-order valence-corrected chi connectivity index (χ0v) is 10.7. The second kappa shape index (κ2) is 6.17. The maximum absolute atomic E-state index is 9.37. The number of phenolic OH excluding ortho intramolecular Hbond substituents is 2. The van der Waals surface area contributed by atoms with Gasteiger partial charge in [0.2, 0.25) is 0 Å². The van der Waals surface area contributed by atoms with Crippen LogP contribution in [0.4, 0.5) is 0 Å². The Bertz CT molecular complexity index is 364. The fourth-order valence-electron chi connectivity index (χ4n) is 2.02. The third-order valence-electron chi connectivity index (χ3n) is 3.01. The van der Waals surface area contributed by atoms with Gasteiger partial charge in [0.1, 0.15) is 0 Å². The standard InChI is InChI=1S/C13H19NO2S/c15-12-5-4-10(7-13(12)16)8-14-9-11-3-1-2-6-17-11/h4-5,7,11,14-16H,1-3,6,8-9H2. The van der Waals surface area contributed by atoms with E-state index in [1.165, 1.54) is 31.1 Å². The summed E-state index contributed by atoms with van der Waals surface area (Å²) in [7, 11) is 0. The Morgan fingerprint density at radius 1 is 1.24 bits per heavy atom. The molecule has 94 valence electrons. The van der Waals surface area contributed by atoms with Crippen LogP contribution in [-0.4, -0.2) is 27.8 Å². The largest absolute Gasteiger partial charge is 0.504 e. The molecule has 0 aliphatic carbocycles. The fraction of sp³-hybridized carbons (Fsp3) is 0.538. The first kappa shape index (κ1) is 12.6. The Hall–Kier alpha value is -0.870. The predicted octanol–water partition coefficient (Wildman–Crippen LogP) is 2.47. The summed E-state index contributed by atoms with van der Waals surface area (Å²) >= 11 is 2.05. The fourth-order valence-corrected chi connectivity index (χ4v) is 3.30. The number of phenols is 2. The smallest absolute Gasteiger partial charge is 0.157 e. The lowest BCUT2D eigenvalue weighted by Gasteiger charge is -2.21. The van der Waals surface area contributed by atoms with Crippen molar-refractivity contribution in [2.24, 2.45) is 0 Å². The van der Waals surface area contributed by atoms with Crippen molar-refractivity contribution in [3.63, 3.8) is 0 Å². The monoisotopic (exact) mass is 253 g/mol. The van der Waals surface area contributed by atoms with Crippen LogP contribution in [0.1, 0.15) is 24.8 Å². The van der Waals surface area contributed by atoms with E-state index >= 15 is 0 Å². The summed E-state index contributed by atoms with van der Waals surface area (Å²) < 4.78 is 0. The molecule has 0 bridgehead atoms. The summed E-state index contributed by atoms with van der Waals surface area (Å²) in [6.45, 7) is 1.76. The Morgan fingerprint density at radius 2 is 2.12 bits per heavy atom. The van der Waals surface area contributed by atoms with Crippen LogP contribution >= 0.6 is 11.8 Å². The first-order chi connectivity index (χ1) is 8.25. The summed E-state index contributed by atoms with van der Waals surface area (Å²) in [6, 6.07) is 4.97. The number of thioether (sulfide) groups is 1. The molecule has 1 aromatic rings. The van der Waals surface area contributed by atoms with E-state index in [-0.39, 0.29) is 11.5 Å². The average molecular weight is 253 g/mol. The van der Waals surface area contributed by atoms with Crippen molar-refractivity contribution >= 4 is 11.8 Å². The van der Waals surface area contributed by atoms with Crippen LogP contribution in [0.15, 0.2) is 18.2 Å². The minimum Gasteiger partial charge on any atom is -0.504 e. The van der Waals surface area contributed by atoms with E-state index in [9.17, 15) is 10.2 Å². The number of aromatic hydroxyl groups is 2. The molecule has 0 spiro atoms. The van der Waals surface area contributed by atoms with Gasteiger partial charge >= 0.3 is 0 Å². The van der Waals surface area contributed by atoms with Crippen molar-refractivity contribution in [2.45, 2.75) is 31.1 Å². The molecule has 1 aromatic carbocycles. The lowest BCUT2D eigenvalue weighted by Crippen LogP contribution is -2.26. The molecule has 4 heteroatoms. The van der Waals surface area contributed by atoms with E-state index < -0.39 is 0 Å². The molecule has 3 N–H and O–H groups in total. The van der Waals surface area contributed by atoms with Crippen molar-refractivity contribution in [1.82, 2.24) is 5.32 Å². The molecule has 1 aliphatic heterocycles. The van der Waals surface area contributed by atoms with Crippen molar-refractivity contribution in [3.8, 4) is 11.5 Å². The molecule has 17 heavy (non-hydrogen) atoms. The van der Waals surface area contributed by atoms with Crippen LogP contribution in [0.5, 0.6) is 11.5 Å². The van der Waals surface area contributed by atoms with Gasteiger partial charge in [0.15, 0.2) is 11.5 Å². The van der Waals surface area contributed by atoms with Gasteiger partial charge in [-0.05, 0) is 36.3 Å². The highest BCUT2D eigenvalue weighted by Gasteiger charge is 2.13. The van der Waals surface area contributed by atoms with Crippen molar-refractivity contribution in [2.75, 3.05) is 12.3 Å². The zero-order valence-electron chi connectivity index (χ0n) is 9.85. The first-order valence-electron chi connectivity index (χ1n) is 6.09. The quantitative estimate of drug-likeness (QED) is 0.722. The minimum atomic E-state index is -0.0587. The van der Waals surface area contributed by atoms with E-state index in [0.29, 0.717) is 0 Å². The minimum absolute atomic E-state index is 0.0451. The molecular formula is C13H19NO2S. The van der Waals surface area contributed by atoms with E-state index in [4.69, 9.17) is 0 Å². The van der Waals surface area contributed by atoms with Crippen LogP contribution in [0.2, 0.25) is 0 Å². The number of benzene rings is 1. The van der Waals surface area contributed by atoms with Crippen molar-refractivity contribution in [1.29, 1.82) is 0 Å². The molecule has 1 fully saturated rings. The normalized spacial score (nSPS) is 20.4. The molecule has 1 unspecified atom stereocenters. The topological polar surface area (TPSA) is 52.5 Å².